The third-order valence-electron chi connectivity index (χ3n) is 4.47. The van der Waals surface area contributed by atoms with Gasteiger partial charge >= 0.3 is 0 Å². The standard InChI is InChI=1S/C24H30O2/c1-2-3-4-5-6-7-8-9-13-20-26-23-18-16-22(17-19-23)24(25)21-14-11-10-12-15-21/h2,10-12,14-19H,1,3-9,13,20H2. The Balaban J connectivity index is 1.61. The second kappa shape index (κ2) is 12.1. The minimum atomic E-state index is 0.0465. The van der Waals surface area contributed by atoms with Crippen LogP contribution in [0.2, 0.25) is 0 Å². The average Bonchev–Trinajstić information content (AvgIpc) is 2.70. The summed E-state index contributed by atoms with van der Waals surface area (Å²) in [5, 5.41) is 0. The molecule has 26 heavy (non-hydrogen) atoms. The largest absolute Gasteiger partial charge is 0.494 e. The summed E-state index contributed by atoms with van der Waals surface area (Å²) < 4.78 is 5.78. The van der Waals surface area contributed by atoms with Crippen molar-refractivity contribution in [3.8, 4) is 5.75 Å². The van der Waals surface area contributed by atoms with Crippen molar-refractivity contribution in [2.45, 2.75) is 51.4 Å². The predicted molar refractivity (Wildman–Crippen MR) is 109 cm³/mol. The zero-order valence-electron chi connectivity index (χ0n) is 15.7. The Morgan fingerprint density at radius 2 is 1.35 bits per heavy atom. The van der Waals surface area contributed by atoms with Crippen LogP contribution in [0.4, 0.5) is 0 Å². The lowest BCUT2D eigenvalue weighted by Crippen LogP contribution is -2.01. The van der Waals surface area contributed by atoms with Crippen molar-refractivity contribution in [2.24, 2.45) is 0 Å². The summed E-state index contributed by atoms with van der Waals surface area (Å²) in [5.41, 5.74) is 1.41. The molecule has 0 aliphatic rings. The molecule has 0 aliphatic carbocycles. The van der Waals surface area contributed by atoms with E-state index in [9.17, 15) is 4.79 Å². The van der Waals surface area contributed by atoms with Crippen molar-refractivity contribution in [2.75, 3.05) is 6.61 Å². The molecule has 0 N–H and O–H groups in total. The van der Waals surface area contributed by atoms with Gasteiger partial charge in [-0.2, -0.15) is 0 Å². The Morgan fingerprint density at radius 3 is 2.00 bits per heavy atom. The van der Waals surface area contributed by atoms with E-state index in [0.29, 0.717) is 11.1 Å². The Labute approximate surface area is 157 Å². The van der Waals surface area contributed by atoms with E-state index in [0.717, 1.165) is 25.2 Å². The maximum atomic E-state index is 12.4. The third kappa shape index (κ3) is 7.26. The lowest BCUT2D eigenvalue weighted by atomic mass is 10.0. The molecule has 0 atom stereocenters. The van der Waals surface area contributed by atoms with Crippen LogP contribution in [0.25, 0.3) is 0 Å². The average molecular weight is 351 g/mol. The highest BCUT2D eigenvalue weighted by molar-refractivity contribution is 6.08. The molecule has 2 rings (SSSR count). The van der Waals surface area contributed by atoms with Crippen LogP contribution in [0.3, 0.4) is 0 Å². The van der Waals surface area contributed by atoms with Crippen LogP contribution < -0.4 is 4.74 Å². The van der Waals surface area contributed by atoms with Gasteiger partial charge in [0, 0.05) is 11.1 Å². The van der Waals surface area contributed by atoms with Gasteiger partial charge in [-0.15, -0.1) is 6.58 Å². The molecule has 0 unspecified atom stereocenters. The number of allylic oxidation sites excluding steroid dienone is 1. The van der Waals surface area contributed by atoms with E-state index in [-0.39, 0.29) is 5.78 Å². The molecular weight excluding hydrogens is 320 g/mol. The third-order valence-corrected chi connectivity index (χ3v) is 4.47. The van der Waals surface area contributed by atoms with Gasteiger partial charge in [-0.25, -0.2) is 0 Å². The summed E-state index contributed by atoms with van der Waals surface area (Å²) in [7, 11) is 0. The molecule has 0 radical (unpaired) electrons. The zero-order valence-corrected chi connectivity index (χ0v) is 15.7. The number of hydrogen-bond acceptors (Lipinski definition) is 2. The fraction of sp³-hybridized carbons (Fsp3) is 0.375. The molecule has 0 aromatic heterocycles. The van der Waals surface area contributed by atoms with Gasteiger partial charge in [0.2, 0.25) is 0 Å². The quantitative estimate of drug-likeness (QED) is 0.231. The molecule has 0 amide bonds. The second-order valence-electron chi connectivity index (χ2n) is 6.62. The van der Waals surface area contributed by atoms with Crippen molar-refractivity contribution < 1.29 is 9.53 Å². The Kier molecular flexibility index (Phi) is 9.27. The van der Waals surface area contributed by atoms with Crippen molar-refractivity contribution >= 4 is 5.78 Å². The van der Waals surface area contributed by atoms with Gasteiger partial charge in [0.1, 0.15) is 5.75 Å². The summed E-state index contributed by atoms with van der Waals surface area (Å²) in [6.07, 6.45) is 11.9. The highest BCUT2D eigenvalue weighted by atomic mass is 16.5. The van der Waals surface area contributed by atoms with Gasteiger partial charge in [0.05, 0.1) is 6.61 Å². The summed E-state index contributed by atoms with van der Waals surface area (Å²) in [6.45, 7) is 4.49. The summed E-state index contributed by atoms with van der Waals surface area (Å²) in [6, 6.07) is 16.8. The Hall–Kier alpha value is -2.35. The summed E-state index contributed by atoms with van der Waals surface area (Å²) in [5.74, 6) is 0.879. The van der Waals surface area contributed by atoms with Gasteiger partial charge in [0.25, 0.3) is 0 Å². The minimum Gasteiger partial charge on any atom is -0.494 e. The summed E-state index contributed by atoms with van der Waals surface area (Å²) >= 11 is 0. The van der Waals surface area contributed by atoms with Crippen LogP contribution in [0, 0.1) is 0 Å². The van der Waals surface area contributed by atoms with E-state index in [4.69, 9.17) is 4.74 Å². The van der Waals surface area contributed by atoms with E-state index >= 15 is 0 Å². The molecule has 2 aromatic carbocycles. The van der Waals surface area contributed by atoms with Crippen LogP contribution in [0.15, 0.2) is 67.3 Å². The van der Waals surface area contributed by atoms with E-state index in [1.807, 2.05) is 60.7 Å². The minimum absolute atomic E-state index is 0.0465. The molecule has 0 saturated heterocycles. The van der Waals surface area contributed by atoms with E-state index in [1.165, 1.54) is 38.5 Å². The van der Waals surface area contributed by atoms with Crippen molar-refractivity contribution in [3.63, 3.8) is 0 Å². The van der Waals surface area contributed by atoms with E-state index < -0.39 is 0 Å². The highest BCUT2D eigenvalue weighted by Crippen LogP contribution is 2.16. The van der Waals surface area contributed by atoms with Gasteiger partial charge < -0.3 is 4.74 Å². The zero-order chi connectivity index (χ0) is 18.5. The maximum Gasteiger partial charge on any atom is 0.193 e. The fourth-order valence-corrected chi connectivity index (χ4v) is 2.92. The van der Waals surface area contributed by atoms with Crippen molar-refractivity contribution in [1.82, 2.24) is 0 Å². The molecule has 0 heterocycles. The molecule has 138 valence electrons. The molecule has 0 spiro atoms. The SMILES string of the molecule is C=CCCCCCCCCCOc1ccc(C(=O)c2ccccc2)cc1. The number of ketones is 1. The number of ether oxygens (including phenoxy) is 1. The van der Waals surface area contributed by atoms with Gasteiger partial charge in [-0.05, 0) is 43.5 Å². The molecule has 2 nitrogen and oxygen atoms in total. The molecule has 0 fully saturated rings. The van der Waals surface area contributed by atoms with Crippen molar-refractivity contribution in [1.29, 1.82) is 0 Å². The summed E-state index contributed by atoms with van der Waals surface area (Å²) in [4.78, 5) is 12.4. The first kappa shape index (κ1) is 20.0. The number of carbonyl (C=O) groups is 1. The van der Waals surface area contributed by atoms with E-state index in [1.54, 1.807) is 0 Å². The number of benzene rings is 2. The van der Waals surface area contributed by atoms with Crippen LogP contribution >= 0.6 is 0 Å². The lowest BCUT2D eigenvalue weighted by Gasteiger charge is -2.07. The van der Waals surface area contributed by atoms with E-state index in [2.05, 4.69) is 6.58 Å². The number of carbonyl (C=O) groups excluding carboxylic acids is 1. The predicted octanol–water partition coefficient (Wildman–Crippen LogP) is 6.60. The van der Waals surface area contributed by atoms with Crippen LogP contribution in [0.1, 0.15) is 67.3 Å². The highest BCUT2D eigenvalue weighted by Gasteiger charge is 2.08. The first-order valence-corrected chi connectivity index (χ1v) is 9.75. The van der Waals surface area contributed by atoms with Crippen LogP contribution in [-0.4, -0.2) is 12.4 Å². The maximum absolute atomic E-state index is 12.4. The Bertz CT molecular complexity index is 644. The Morgan fingerprint density at radius 1 is 0.769 bits per heavy atom. The first-order valence-electron chi connectivity index (χ1n) is 9.75. The van der Waals surface area contributed by atoms with Crippen LogP contribution in [-0.2, 0) is 0 Å². The van der Waals surface area contributed by atoms with Crippen LogP contribution in [0.5, 0.6) is 5.75 Å². The molecular formula is C24H30O2. The van der Waals surface area contributed by atoms with Gasteiger partial charge in [-0.1, -0.05) is 68.5 Å². The normalized spacial score (nSPS) is 10.5. The molecule has 0 saturated carbocycles. The van der Waals surface area contributed by atoms with Gasteiger partial charge in [0.15, 0.2) is 5.78 Å². The van der Waals surface area contributed by atoms with Crippen molar-refractivity contribution in [3.05, 3.63) is 78.4 Å². The number of unbranched alkanes of at least 4 members (excludes halogenated alkanes) is 7. The first-order chi connectivity index (χ1) is 12.8. The van der Waals surface area contributed by atoms with Gasteiger partial charge in [-0.3, -0.25) is 4.79 Å². The lowest BCUT2D eigenvalue weighted by molar-refractivity contribution is 0.103. The monoisotopic (exact) mass is 350 g/mol. The smallest absolute Gasteiger partial charge is 0.193 e. The number of hydrogen-bond donors (Lipinski definition) is 0. The fourth-order valence-electron chi connectivity index (χ4n) is 2.92. The molecule has 2 aromatic rings. The second-order valence-corrected chi connectivity index (χ2v) is 6.62. The molecule has 0 aliphatic heterocycles. The molecule has 2 heteroatoms. The topological polar surface area (TPSA) is 26.3 Å². The molecule has 0 bridgehead atoms. The number of rotatable bonds is 13.